The molecule has 2 amide bonds. The van der Waals surface area contributed by atoms with E-state index in [4.69, 9.17) is 4.74 Å². The first-order valence-electron chi connectivity index (χ1n) is 10.8. The average Bonchev–Trinajstić information content (AvgIpc) is 3.41. The lowest BCUT2D eigenvalue weighted by Gasteiger charge is -2.29. The average molecular weight is 407 g/mol. The van der Waals surface area contributed by atoms with Gasteiger partial charge in [-0.2, -0.15) is 0 Å². The third-order valence-electron chi connectivity index (χ3n) is 6.43. The summed E-state index contributed by atoms with van der Waals surface area (Å²) in [5, 5.41) is 3.00. The molecule has 5 nitrogen and oxygen atoms in total. The second kappa shape index (κ2) is 8.60. The highest BCUT2D eigenvalue weighted by Crippen LogP contribution is 2.49. The molecule has 5 heteroatoms. The lowest BCUT2D eigenvalue weighted by atomic mass is 9.94. The number of carbonyl (C=O) groups is 2. The number of rotatable bonds is 7. The predicted octanol–water partition coefficient (Wildman–Crippen LogP) is 3.98. The molecule has 1 aliphatic heterocycles. The van der Waals surface area contributed by atoms with Gasteiger partial charge in [0.05, 0.1) is 18.1 Å². The molecule has 2 aromatic carbocycles. The molecule has 1 saturated heterocycles. The van der Waals surface area contributed by atoms with Gasteiger partial charge in [-0.3, -0.25) is 9.59 Å². The van der Waals surface area contributed by atoms with Crippen LogP contribution in [0, 0.1) is 13.8 Å². The minimum Gasteiger partial charge on any atom is -0.376 e. The molecule has 0 unspecified atom stereocenters. The van der Waals surface area contributed by atoms with E-state index in [0.29, 0.717) is 6.54 Å². The van der Waals surface area contributed by atoms with Gasteiger partial charge in [0.15, 0.2) is 0 Å². The molecule has 1 aliphatic carbocycles. The number of ether oxygens (including phenoxy) is 1. The van der Waals surface area contributed by atoms with E-state index in [-0.39, 0.29) is 24.5 Å². The molecular weight excluding hydrogens is 376 g/mol. The van der Waals surface area contributed by atoms with Crippen LogP contribution in [0.4, 0.5) is 5.69 Å². The van der Waals surface area contributed by atoms with Crippen molar-refractivity contribution in [1.82, 2.24) is 4.90 Å². The van der Waals surface area contributed by atoms with Crippen LogP contribution in [0.2, 0.25) is 0 Å². The van der Waals surface area contributed by atoms with Crippen molar-refractivity contribution in [3.05, 3.63) is 65.2 Å². The summed E-state index contributed by atoms with van der Waals surface area (Å²) in [6.45, 7) is 5.25. The molecule has 0 aromatic heterocycles. The van der Waals surface area contributed by atoms with Crippen molar-refractivity contribution in [2.45, 2.75) is 51.0 Å². The van der Waals surface area contributed by atoms with Gasteiger partial charge in [0.25, 0.3) is 0 Å². The topological polar surface area (TPSA) is 58.6 Å². The van der Waals surface area contributed by atoms with E-state index in [9.17, 15) is 9.59 Å². The Labute approximate surface area is 178 Å². The quantitative estimate of drug-likeness (QED) is 0.757. The van der Waals surface area contributed by atoms with Gasteiger partial charge in [0, 0.05) is 18.8 Å². The van der Waals surface area contributed by atoms with E-state index in [2.05, 4.69) is 5.32 Å². The Morgan fingerprint density at radius 1 is 1.10 bits per heavy atom. The van der Waals surface area contributed by atoms with Crippen molar-refractivity contribution >= 4 is 17.5 Å². The van der Waals surface area contributed by atoms with Crippen molar-refractivity contribution in [2.24, 2.45) is 0 Å². The summed E-state index contributed by atoms with van der Waals surface area (Å²) < 4.78 is 5.78. The van der Waals surface area contributed by atoms with Gasteiger partial charge >= 0.3 is 0 Å². The molecule has 4 rings (SSSR count). The number of benzene rings is 2. The van der Waals surface area contributed by atoms with Crippen LogP contribution >= 0.6 is 0 Å². The summed E-state index contributed by atoms with van der Waals surface area (Å²) in [6.07, 6.45) is 3.60. The number of anilines is 1. The van der Waals surface area contributed by atoms with Crippen molar-refractivity contribution in [3.63, 3.8) is 0 Å². The zero-order valence-corrected chi connectivity index (χ0v) is 17.8. The fourth-order valence-electron chi connectivity index (χ4n) is 4.31. The molecule has 1 N–H and O–H groups in total. The number of aryl methyl sites for hydroxylation is 1. The summed E-state index contributed by atoms with van der Waals surface area (Å²) in [5.74, 6) is -0.126. The van der Waals surface area contributed by atoms with Gasteiger partial charge in [0.2, 0.25) is 11.8 Å². The largest absolute Gasteiger partial charge is 0.376 e. The van der Waals surface area contributed by atoms with Crippen molar-refractivity contribution < 1.29 is 14.3 Å². The normalized spacial score (nSPS) is 19.3. The van der Waals surface area contributed by atoms with E-state index < -0.39 is 5.41 Å². The molecule has 2 aliphatic rings. The maximum atomic E-state index is 13.6. The number of nitrogens with one attached hydrogen (secondary N) is 1. The highest BCUT2D eigenvalue weighted by atomic mass is 16.5. The Morgan fingerprint density at radius 3 is 2.53 bits per heavy atom. The van der Waals surface area contributed by atoms with Crippen LogP contribution in [0.5, 0.6) is 0 Å². The summed E-state index contributed by atoms with van der Waals surface area (Å²) in [5.41, 5.74) is 3.53. The summed E-state index contributed by atoms with van der Waals surface area (Å²) in [6, 6.07) is 15.8. The van der Waals surface area contributed by atoms with Crippen LogP contribution < -0.4 is 5.32 Å². The van der Waals surface area contributed by atoms with E-state index in [1.807, 2.05) is 62.4 Å². The molecule has 1 saturated carbocycles. The molecule has 2 aromatic rings. The first-order valence-corrected chi connectivity index (χ1v) is 10.8. The Balaban J connectivity index is 1.52. The summed E-state index contributed by atoms with van der Waals surface area (Å²) >= 11 is 0. The smallest absolute Gasteiger partial charge is 0.244 e. The van der Waals surface area contributed by atoms with Crippen LogP contribution in [0.1, 0.15) is 42.4 Å². The van der Waals surface area contributed by atoms with E-state index >= 15 is 0 Å². The molecule has 0 bridgehead atoms. The van der Waals surface area contributed by atoms with Gasteiger partial charge < -0.3 is 15.0 Å². The Kier molecular flexibility index (Phi) is 5.91. The Bertz CT molecular complexity index is 915. The lowest BCUT2D eigenvalue weighted by Crippen LogP contribution is -2.46. The van der Waals surface area contributed by atoms with Crippen LogP contribution in [-0.2, 0) is 19.7 Å². The van der Waals surface area contributed by atoms with Crippen LogP contribution in [0.3, 0.4) is 0 Å². The summed E-state index contributed by atoms with van der Waals surface area (Å²) in [4.78, 5) is 28.2. The Hall–Kier alpha value is -2.66. The maximum absolute atomic E-state index is 13.6. The van der Waals surface area contributed by atoms with E-state index in [1.54, 1.807) is 4.90 Å². The monoisotopic (exact) mass is 406 g/mol. The van der Waals surface area contributed by atoms with Crippen molar-refractivity contribution in [3.8, 4) is 0 Å². The van der Waals surface area contributed by atoms with Gasteiger partial charge in [0.1, 0.15) is 0 Å². The molecule has 30 heavy (non-hydrogen) atoms. The minimum atomic E-state index is -0.487. The van der Waals surface area contributed by atoms with Gasteiger partial charge in [-0.15, -0.1) is 0 Å². The number of hydrogen-bond donors (Lipinski definition) is 1. The molecule has 0 spiro atoms. The highest BCUT2D eigenvalue weighted by molar-refractivity contribution is 5.98. The maximum Gasteiger partial charge on any atom is 0.244 e. The van der Waals surface area contributed by atoms with Crippen LogP contribution in [-0.4, -0.2) is 42.5 Å². The second-order valence-electron chi connectivity index (χ2n) is 8.56. The molecule has 1 heterocycles. The van der Waals surface area contributed by atoms with Gasteiger partial charge in [-0.05, 0) is 62.3 Å². The molecule has 158 valence electrons. The molecule has 0 radical (unpaired) electrons. The highest BCUT2D eigenvalue weighted by Gasteiger charge is 2.53. The number of carbonyl (C=O) groups excluding carboxylic acids is 2. The third kappa shape index (κ3) is 4.26. The number of hydrogen-bond acceptors (Lipinski definition) is 3. The van der Waals surface area contributed by atoms with Gasteiger partial charge in [-0.1, -0.05) is 42.5 Å². The zero-order valence-electron chi connectivity index (χ0n) is 17.8. The molecular formula is C25H30N2O3. The number of nitrogens with zero attached hydrogens (tertiary/aromatic N) is 1. The first kappa shape index (κ1) is 20.6. The van der Waals surface area contributed by atoms with Gasteiger partial charge in [-0.25, -0.2) is 0 Å². The second-order valence-corrected chi connectivity index (χ2v) is 8.56. The lowest BCUT2D eigenvalue weighted by molar-refractivity contribution is -0.138. The fraction of sp³-hybridized carbons (Fsp3) is 0.440. The number of amides is 2. The van der Waals surface area contributed by atoms with Crippen LogP contribution in [0.25, 0.3) is 0 Å². The Morgan fingerprint density at radius 2 is 1.87 bits per heavy atom. The fourth-order valence-corrected chi connectivity index (χ4v) is 4.31. The zero-order chi connectivity index (χ0) is 21.1. The third-order valence-corrected chi connectivity index (χ3v) is 6.43. The van der Waals surface area contributed by atoms with Crippen molar-refractivity contribution in [2.75, 3.05) is 25.0 Å². The van der Waals surface area contributed by atoms with Crippen LogP contribution in [0.15, 0.2) is 48.5 Å². The van der Waals surface area contributed by atoms with E-state index in [0.717, 1.165) is 54.7 Å². The standard InChI is InChI=1S/C25H30N2O3/c1-18-8-6-12-22(19(18)2)26-23(28)17-27(16-21-11-7-15-30-21)24(29)25(13-14-25)20-9-4-3-5-10-20/h3-6,8-10,12,21H,7,11,13-17H2,1-2H3,(H,26,28)/t21-/m0/s1. The molecule has 1 atom stereocenters. The van der Waals surface area contributed by atoms with E-state index in [1.165, 1.54) is 0 Å². The predicted molar refractivity (Wildman–Crippen MR) is 117 cm³/mol. The SMILES string of the molecule is Cc1cccc(NC(=O)CN(C[C@@H]2CCCO2)C(=O)C2(c3ccccc3)CC2)c1C. The molecule has 2 fully saturated rings. The summed E-state index contributed by atoms with van der Waals surface area (Å²) in [7, 11) is 0. The van der Waals surface area contributed by atoms with Crippen molar-refractivity contribution in [1.29, 1.82) is 0 Å². The minimum absolute atomic E-state index is 0.00836. The first-order chi connectivity index (χ1) is 14.5.